The smallest absolute Gasteiger partial charge is 0.142 e. The topological polar surface area (TPSA) is 21.3 Å². The Morgan fingerprint density at radius 2 is 2.05 bits per heavy atom. The normalized spacial score (nSPS) is 10.3. The number of ether oxygens (including phenoxy) is 1. The maximum atomic E-state index is 13.3. The molecule has 2 aromatic carbocycles. The molecule has 0 amide bonds. The highest BCUT2D eigenvalue weighted by Crippen LogP contribution is 2.20. The minimum atomic E-state index is -0.397. The van der Waals surface area contributed by atoms with Gasteiger partial charge in [-0.3, -0.25) is 0 Å². The third-order valence-corrected chi connectivity index (χ3v) is 3.09. The molecule has 0 aromatic heterocycles. The molecule has 0 heterocycles. The number of hydrogen-bond donors (Lipinski definition) is 1. The molecular weight excluding hydrogens is 277 g/mol. The van der Waals surface area contributed by atoms with Gasteiger partial charge in [0, 0.05) is 18.3 Å². The van der Waals surface area contributed by atoms with Crippen LogP contribution in [0.5, 0.6) is 5.75 Å². The number of hydrogen-bond acceptors (Lipinski definition) is 2. The molecule has 0 aliphatic carbocycles. The van der Waals surface area contributed by atoms with Crippen LogP contribution in [0.4, 0.5) is 10.1 Å². The quantitative estimate of drug-likeness (QED) is 0.819. The van der Waals surface area contributed by atoms with Crippen LogP contribution in [-0.2, 0) is 6.54 Å². The van der Waals surface area contributed by atoms with Gasteiger partial charge in [0.05, 0.1) is 11.6 Å². The maximum absolute atomic E-state index is 13.3. The summed E-state index contributed by atoms with van der Waals surface area (Å²) in [5.41, 5.74) is 1.78. The van der Waals surface area contributed by atoms with Crippen molar-refractivity contribution < 1.29 is 9.13 Å². The largest absolute Gasteiger partial charge is 0.494 e. The summed E-state index contributed by atoms with van der Waals surface area (Å²) in [4.78, 5) is 0. The second-order valence-electron chi connectivity index (χ2n) is 4.48. The van der Waals surface area contributed by atoms with Gasteiger partial charge in [0.2, 0.25) is 0 Å². The molecule has 0 atom stereocenters. The predicted octanol–water partition coefficient (Wildman–Crippen LogP) is 4.88. The highest BCUT2D eigenvalue weighted by Gasteiger charge is 2.01. The van der Waals surface area contributed by atoms with E-state index in [1.165, 1.54) is 6.07 Å². The first-order chi connectivity index (χ1) is 9.69. The van der Waals surface area contributed by atoms with Gasteiger partial charge in [-0.05, 0) is 36.2 Å². The first kappa shape index (κ1) is 14.7. The predicted molar refractivity (Wildman–Crippen MR) is 81.0 cm³/mol. The van der Waals surface area contributed by atoms with Crippen LogP contribution < -0.4 is 10.1 Å². The first-order valence-corrected chi connectivity index (χ1v) is 6.97. The van der Waals surface area contributed by atoms with Crippen LogP contribution in [-0.4, -0.2) is 6.61 Å². The lowest BCUT2D eigenvalue weighted by Crippen LogP contribution is -2.01. The van der Waals surface area contributed by atoms with Crippen LogP contribution in [0.15, 0.2) is 42.5 Å². The molecule has 20 heavy (non-hydrogen) atoms. The second kappa shape index (κ2) is 7.15. The monoisotopic (exact) mass is 293 g/mol. The number of halogens is 2. The Bertz CT molecular complexity index is 574. The molecule has 1 N–H and O–H groups in total. The number of nitrogens with one attached hydrogen (secondary N) is 1. The van der Waals surface area contributed by atoms with E-state index in [4.69, 9.17) is 16.3 Å². The fraction of sp³-hybridized carbons (Fsp3) is 0.250. The van der Waals surface area contributed by atoms with E-state index in [2.05, 4.69) is 12.2 Å². The highest BCUT2D eigenvalue weighted by atomic mass is 35.5. The van der Waals surface area contributed by atoms with E-state index in [0.717, 1.165) is 23.4 Å². The molecule has 0 saturated heterocycles. The van der Waals surface area contributed by atoms with Gasteiger partial charge in [-0.25, -0.2) is 4.39 Å². The minimum absolute atomic E-state index is 0.142. The molecule has 106 valence electrons. The summed E-state index contributed by atoms with van der Waals surface area (Å²) in [5.74, 6) is 0.435. The second-order valence-corrected chi connectivity index (χ2v) is 4.89. The zero-order valence-corrected chi connectivity index (χ0v) is 12.1. The highest BCUT2D eigenvalue weighted by molar-refractivity contribution is 6.30. The third-order valence-electron chi connectivity index (χ3n) is 2.79. The van der Waals surface area contributed by atoms with Crippen LogP contribution in [0.25, 0.3) is 0 Å². The van der Waals surface area contributed by atoms with Gasteiger partial charge in [-0.1, -0.05) is 30.7 Å². The van der Waals surface area contributed by atoms with Gasteiger partial charge in [-0.2, -0.15) is 0 Å². The van der Waals surface area contributed by atoms with Gasteiger partial charge in [-0.15, -0.1) is 0 Å². The Balaban J connectivity index is 1.97. The van der Waals surface area contributed by atoms with Crippen molar-refractivity contribution >= 4 is 17.3 Å². The first-order valence-electron chi connectivity index (χ1n) is 6.59. The van der Waals surface area contributed by atoms with Gasteiger partial charge in [0.1, 0.15) is 11.6 Å². The van der Waals surface area contributed by atoms with Crippen LogP contribution in [0.1, 0.15) is 18.9 Å². The average molecular weight is 294 g/mol. The van der Waals surface area contributed by atoms with Crippen molar-refractivity contribution in [3.8, 4) is 5.75 Å². The van der Waals surface area contributed by atoms with Crippen molar-refractivity contribution in [2.24, 2.45) is 0 Å². The summed E-state index contributed by atoms with van der Waals surface area (Å²) in [6, 6.07) is 12.5. The van der Waals surface area contributed by atoms with Crippen molar-refractivity contribution in [1.29, 1.82) is 0 Å². The standard InChI is InChI=1S/C16H17ClFNO/c1-2-8-20-14-5-3-4-13(10-14)19-11-12-6-7-15(17)16(18)9-12/h3-7,9-10,19H,2,8,11H2,1H3. The van der Waals surface area contributed by atoms with E-state index < -0.39 is 5.82 Å². The molecule has 2 nitrogen and oxygen atoms in total. The summed E-state index contributed by atoms with van der Waals surface area (Å²) in [5, 5.41) is 3.38. The number of anilines is 1. The Labute approximate surface area is 123 Å². The van der Waals surface area contributed by atoms with E-state index in [9.17, 15) is 4.39 Å². The molecule has 0 fully saturated rings. The van der Waals surface area contributed by atoms with Crippen molar-refractivity contribution in [2.75, 3.05) is 11.9 Å². The van der Waals surface area contributed by atoms with Crippen molar-refractivity contribution in [3.05, 3.63) is 58.9 Å². The maximum Gasteiger partial charge on any atom is 0.142 e. The zero-order chi connectivity index (χ0) is 14.4. The zero-order valence-electron chi connectivity index (χ0n) is 11.3. The van der Waals surface area contributed by atoms with Gasteiger partial charge in [0.25, 0.3) is 0 Å². The molecule has 0 unspecified atom stereocenters. The van der Waals surface area contributed by atoms with Crippen molar-refractivity contribution in [1.82, 2.24) is 0 Å². The lowest BCUT2D eigenvalue weighted by molar-refractivity contribution is 0.317. The fourth-order valence-corrected chi connectivity index (χ4v) is 1.89. The van der Waals surface area contributed by atoms with Gasteiger partial charge >= 0.3 is 0 Å². The lowest BCUT2D eigenvalue weighted by Gasteiger charge is -2.10. The van der Waals surface area contributed by atoms with Gasteiger partial charge in [0.15, 0.2) is 0 Å². The summed E-state index contributed by atoms with van der Waals surface area (Å²) in [6.07, 6.45) is 0.974. The van der Waals surface area contributed by atoms with Crippen LogP contribution in [0, 0.1) is 5.82 Å². The third kappa shape index (κ3) is 4.14. The summed E-state index contributed by atoms with van der Waals surface area (Å²) in [7, 11) is 0. The van der Waals surface area contributed by atoms with Crippen LogP contribution >= 0.6 is 11.6 Å². The molecule has 0 bridgehead atoms. The van der Waals surface area contributed by atoms with Crippen molar-refractivity contribution in [2.45, 2.75) is 19.9 Å². The lowest BCUT2D eigenvalue weighted by atomic mass is 10.2. The molecule has 2 rings (SSSR count). The van der Waals surface area contributed by atoms with Crippen LogP contribution in [0.2, 0.25) is 5.02 Å². The molecule has 0 aliphatic rings. The summed E-state index contributed by atoms with van der Waals surface area (Å²) in [6.45, 7) is 3.30. The number of rotatable bonds is 6. The molecule has 0 aliphatic heterocycles. The van der Waals surface area contributed by atoms with E-state index in [-0.39, 0.29) is 5.02 Å². The van der Waals surface area contributed by atoms with Crippen LogP contribution in [0.3, 0.4) is 0 Å². The molecular formula is C16H17ClFNO. The minimum Gasteiger partial charge on any atom is -0.494 e. The van der Waals surface area contributed by atoms with E-state index >= 15 is 0 Å². The van der Waals surface area contributed by atoms with E-state index in [1.54, 1.807) is 12.1 Å². The molecule has 2 aromatic rings. The van der Waals surface area contributed by atoms with Crippen molar-refractivity contribution in [3.63, 3.8) is 0 Å². The molecule has 0 spiro atoms. The Morgan fingerprint density at radius 1 is 1.20 bits per heavy atom. The molecule has 4 heteroatoms. The van der Waals surface area contributed by atoms with E-state index in [1.807, 2.05) is 24.3 Å². The van der Waals surface area contributed by atoms with Gasteiger partial charge < -0.3 is 10.1 Å². The average Bonchev–Trinajstić information content (AvgIpc) is 2.47. The summed E-state index contributed by atoms with van der Waals surface area (Å²) >= 11 is 5.66. The Hall–Kier alpha value is -1.74. The number of benzene rings is 2. The Morgan fingerprint density at radius 3 is 2.80 bits per heavy atom. The molecule has 0 radical (unpaired) electrons. The van der Waals surface area contributed by atoms with E-state index in [0.29, 0.717) is 13.2 Å². The Kier molecular flexibility index (Phi) is 5.24. The summed E-state index contributed by atoms with van der Waals surface area (Å²) < 4.78 is 18.9. The molecule has 0 saturated carbocycles. The SMILES string of the molecule is CCCOc1cccc(NCc2ccc(Cl)c(F)c2)c1. The fourth-order valence-electron chi connectivity index (χ4n) is 1.77.